The van der Waals surface area contributed by atoms with Crippen LogP contribution in [0, 0.1) is 10.1 Å². The summed E-state index contributed by atoms with van der Waals surface area (Å²) in [6.45, 7) is 0. The summed E-state index contributed by atoms with van der Waals surface area (Å²) in [6, 6.07) is 8.97. The van der Waals surface area contributed by atoms with E-state index in [1.54, 1.807) is 12.3 Å². The first-order valence-corrected chi connectivity index (χ1v) is 12.1. The number of carbonyl (C=O) groups excluding carboxylic acids is 1. The largest absolute Gasteiger partial charge is 0.331 e. The van der Waals surface area contributed by atoms with Crippen LogP contribution in [-0.4, -0.2) is 25.5 Å². The fourth-order valence-electron chi connectivity index (χ4n) is 2.32. The van der Waals surface area contributed by atoms with E-state index in [0.29, 0.717) is 17.1 Å². The van der Waals surface area contributed by atoms with Crippen molar-refractivity contribution in [2.75, 3.05) is 5.32 Å². The number of aromatic nitrogens is 2. The smallest absolute Gasteiger partial charge is 0.270 e. The summed E-state index contributed by atoms with van der Waals surface area (Å²) in [5.74, 6) is -0.563. The summed E-state index contributed by atoms with van der Waals surface area (Å²) in [6.07, 6.45) is 2.11. The van der Waals surface area contributed by atoms with Gasteiger partial charge in [0, 0.05) is 23.1 Å². The van der Waals surface area contributed by atoms with Gasteiger partial charge in [-0.15, -0.1) is 0 Å². The first kappa shape index (κ1) is 19.9. The molecule has 8 nitrogen and oxygen atoms in total. The molecule has 1 heterocycles. The molecule has 27 heavy (non-hydrogen) atoms. The number of hydrogen-bond donors (Lipinski definition) is 2. The Kier molecular flexibility index (Phi) is 6.20. The Hall–Kier alpha value is -1.88. The molecular formula is C15H10ClIN5O3PS. The molecule has 0 saturated heterocycles. The quantitative estimate of drug-likeness (QED) is 0.168. The maximum atomic E-state index is 12.3. The molecule has 0 saturated carbocycles. The van der Waals surface area contributed by atoms with E-state index < -0.39 is 10.8 Å². The molecule has 3 rings (SSSR count). The third kappa shape index (κ3) is 4.34. The number of nitro groups is 1. The Morgan fingerprint density at radius 2 is 2.15 bits per heavy atom. The van der Waals surface area contributed by atoms with Crippen molar-refractivity contribution in [1.29, 1.82) is 0 Å². The van der Waals surface area contributed by atoms with Crippen molar-refractivity contribution in [2.45, 2.75) is 0 Å². The highest BCUT2D eigenvalue weighted by Crippen LogP contribution is 2.35. The lowest BCUT2D eigenvalue weighted by Gasteiger charge is -2.11. The molecule has 0 aliphatic rings. The third-order valence-corrected chi connectivity index (χ3v) is 6.06. The topological polar surface area (TPSA) is 102 Å². The highest BCUT2D eigenvalue weighted by atomic mass is 127. The standard InChI is InChI=1S/C15H10ClIN5O3PS/c16-13-10-7-18-21(26-17)12(10)5-4-11(13)19-15(27)20-14(23)8-2-1-3-9(6-8)22(24)25/h1-7,26H,(H2,19,20,23,27). The van der Waals surface area contributed by atoms with Gasteiger partial charge in [-0.05, 0) is 52.5 Å². The Balaban J connectivity index is 1.75. The second-order valence-corrected chi connectivity index (χ2v) is 8.04. The minimum Gasteiger partial charge on any atom is -0.331 e. The van der Waals surface area contributed by atoms with Gasteiger partial charge < -0.3 is 5.32 Å². The summed E-state index contributed by atoms with van der Waals surface area (Å²) in [4.78, 5) is 22.5. The molecule has 0 bridgehead atoms. The molecular weight excluding hydrogens is 524 g/mol. The van der Waals surface area contributed by atoms with E-state index in [0.717, 1.165) is 10.9 Å². The summed E-state index contributed by atoms with van der Waals surface area (Å²) >= 11 is 13.8. The van der Waals surface area contributed by atoms with Gasteiger partial charge in [-0.3, -0.25) is 20.2 Å². The van der Waals surface area contributed by atoms with Crippen molar-refractivity contribution in [1.82, 2.24) is 14.9 Å². The summed E-state index contributed by atoms with van der Waals surface area (Å²) < 4.78 is 1.83. The van der Waals surface area contributed by atoms with Crippen molar-refractivity contribution < 1.29 is 9.72 Å². The number of carbonyl (C=O) groups is 1. The van der Waals surface area contributed by atoms with E-state index in [9.17, 15) is 14.9 Å². The van der Waals surface area contributed by atoms with E-state index in [2.05, 4.69) is 37.8 Å². The summed E-state index contributed by atoms with van der Waals surface area (Å²) in [5.41, 5.74) is 1.36. The van der Waals surface area contributed by atoms with E-state index in [1.165, 1.54) is 24.3 Å². The molecule has 0 fully saturated rings. The molecule has 0 radical (unpaired) electrons. The number of rotatable bonds is 4. The number of benzene rings is 2. The van der Waals surface area contributed by atoms with Crippen LogP contribution in [0.1, 0.15) is 10.4 Å². The van der Waals surface area contributed by atoms with Crippen LogP contribution in [0.15, 0.2) is 42.6 Å². The monoisotopic (exact) mass is 533 g/mol. The van der Waals surface area contributed by atoms with Gasteiger partial charge in [-0.2, -0.15) is 5.10 Å². The van der Waals surface area contributed by atoms with Gasteiger partial charge in [0.25, 0.3) is 11.6 Å². The van der Waals surface area contributed by atoms with E-state index in [4.69, 9.17) is 23.8 Å². The van der Waals surface area contributed by atoms with Crippen LogP contribution in [0.2, 0.25) is 5.02 Å². The molecule has 0 spiro atoms. The predicted octanol–water partition coefficient (Wildman–Crippen LogP) is 4.52. The fourth-order valence-corrected chi connectivity index (χ4v) is 4.32. The zero-order valence-corrected chi connectivity index (χ0v) is 18.0. The second-order valence-electron chi connectivity index (χ2n) is 5.22. The number of fused-ring (bicyclic) bond motifs is 1. The van der Waals surface area contributed by atoms with Gasteiger partial charge in [0.2, 0.25) is 0 Å². The Labute approximate surface area is 178 Å². The SMILES string of the molecule is O=C(NC(=S)Nc1ccc2c(cnn2PI)c1Cl)c1cccc([N+](=O)[O-])c1. The number of nitrogens with zero attached hydrogens (tertiary/aromatic N) is 3. The minimum absolute atomic E-state index is 0.0240. The number of nitrogens with one attached hydrogen (secondary N) is 2. The van der Waals surface area contributed by atoms with Crippen molar-refractivity contribution in [2.24, 2.45) is 0 Å². The number of halogens is 2. The van der Waals surface area contributed by atoms with Crippen LogP contribution in [0.5, 0.6) is 0 Å². The fraction of sp³-hybridized carbons (Fsp3) is 0. The maximum Gasteiger partial charge on any atom is 0.270 e. The normalized spacial score (nSPS) is 11.0. The highest BCUT2D eigenvalue weighted by Gasteiger charge is 2.15. The van der Waals surface area contributed by atoms with Gasteiger partial charge in [0.15, 0.2) is 5.11 Å². The zero-order chi connectivity index (χ0) is 19.6. The Morgan fingerprint density at radius 3 is 2.85 bits per heavy atom. The van der Waals surface area contributed by atoms with Crippen LogP contribution in [0.4, 0.5) is 11.4 Å². The van der Waals surface area contributed by atoms with Crippen molar-refractivity contribution in [3.63, 3.8) is 0 Å². The molecule has 1 atom stereocenters. The highest BCUT2D eigenvalue weighted by molar-refractivity contribution is 14.2. The average molecular weight is 534 g/mol. The van der Waals surface area contributed by atoms with Gasteiger partial charge in [0.1, 0.15) is 0 Å². The van der Waals surface area contributed by atoms with Gasteiger partial charge in [-0.1, -0.05) is 17.7 Å². The van der Waals surface area contributed by atoms with Gasteiger partial charge >= 0.3 is 0 Å². The number of thiocarbonyl (C=S) groups is 1. The van der Waals surface area contributed by atoms with Crippen LogP contribution in [0.25, 0.3) is 10.9 Å². The Bertz CT molecular complexity index is 1080. The van der Waals surface area contributed by atoms with E-state index in [1.807, 2.05) is 10.5 Å². The first-order valence-electron chi connectivity index (χ1n) is 7.30. The maximum absolute atomic E-state index is 12.3. The molecule has 0 aliphatic heterocycles. The second kappa shape index (κ2) is 8.42. The molecule has 3 aromatic rings. The molecule has 2 aromatic carbocycles. The molecule has 2 N–H and O–H groups in total. The van der Waals surface area contributed by atoms with Crippen molar-refractivity contribution in [3.8, 4) is 0 Å². The number of non-ortho nitro benzene ring substituents is 1. The lowest BCUT2D eigenvalue weighted by molar-refractivity contribution is -0.384. The number of nitro benzene ring substituents is 1. The molecule has 138 valence electrons. The first-order chi connectivity index (χ1) is 12.9. The number of hydrogen-bond acceptors (Lipinski definition) is 5. The molecule has 12 heteroatoms. The molecule has 1 unspecified atom stereocenters. The van der Waals surface area contributed by atoms with Crippen LogP contribution < -0.4 is 10.6 Å². The lowest BCUT2D eigenvalue weighted by Crippen LogP contribution is -2.34. The van der Waals surface area contributed by atoms with Gasteiger partial charge in [-0.25, -0.2) is 4.45 Å². The van der Waals surface area contributed by atoms with Crippen LogP contribution >= 0.6 is 52.2 Å². The van der Waals surface area contributed by atoms with Crippen LogP contribution in [-0.2, 0) is 0 Å². The summed E-state index contributed by atoms with van der Waals surface area (Å²) in [7, 11) is 0. The third-order valence-electron chi connectivity index (χ3n) is 3.56. The predicted molar refractivity (Wildman–Crippen MR) is 119 cm³/mol. The summed E-state index contributed by atoms with van der Waals surface area (Å²) in [5, 5.41) is 21.6. The van der Waals surface area contributed by atoms with Crippen molar-refractivity contribution in [3.05, 3.63) is 63.3 Å². The minimum atomic E-state index is -0.571. The van der Waals surface area contributed by atoms with Gasteiger partial charge in [0.05, 0.1) is 33.7 Å². The molecule has 1 aromatic heterocycles. The molecule has 0 aliphatic carbocycles. The van der Waals surface area contributed by atoms with Crippen molar-refractivity contribution >= 4 is 85.5 Å². The zero-order valence-electron chi connectivity index (χ0n) is 13.3. The average Bonchev–Trinajstić information content (AvgIpc) is 3.08. The number of amides is 1. The number of anilines is 1. The van der Waals surface area contributed by atoms with E-state index >= 15 is 0 Å². The van der Waals surface area contributed by atoms with Crippen LogP contribution in [0.3, 0.4) is 0 Å². The Morgan fingerprint density at radius 1 is 1.37 bits per heavy atom. The lowest BCUT2D eigenvalue weighted by atomic mass is 10.2. The van der Waals surface area contributed by atoms with E-state index in [-0.39, 0.29) is 16.4 Å². The molecule has 1 amide bonds.